The minimum Gasteiger partial charge on any atom is -0.351 e. The highest BCUT2D eigenvalue weighted by molar-refractivity contribution is 5.88. The molecule has 9 heteroatoms. The van der Waals surface area contributed by atoms with Gasteiger partial charge in [-0.1, -0.05) is 26.0 Å². The summed E-state index contributed by atoms with van der Waals surface area (Å²) in [5.74, 6) is 1.53. The summed E-state index contributed by atoms with van der Waals surface area (Å²) in [6, 6.07) is 8.12. The zero-order chi connectivity index (χ0) is 22.7. The molecule has 170 valence electrons. The lowest BCUT2D eigenvalue weighted by molar-refractivity contribution is -0.114. The molecule has 9 nitrogen and oxygen atoms in total. The first-order chi connectivity index (χ1) is 15.4. The highest BCUT2D eigenvalue weighted by Crippen LogP contribution is 2.23. The third kappa shape index (κ3) is 5.16. The van der Waals surface area contributed by atoms with Crippen LogP contribution in [0.2, 0.25) is 0 Å². The van der Waals surface area contributed by atoms with Gasteiger partial charge in [0.2, 0.25) is 17.8 Å². The lowest BCUT2D eigenvalue weighted by Gasteiger charge is -2.29. The number of likely N-dealkylation sites (tertiary alicyclic amines) is 1. The lowest BCUT2D eigenvalue weighted by Crippen LogP contribution is -2.37. The molecule has 1 saturated heterocycles. The molecule has 1 fully saturated rings. The molecule has 1 aliphatic rings. The van der Waals surface area contributed by atoms with Crippen molar-refractivity contribution in [2.24, 2.45) is 0 Å². The third-order valence-electron chi connectivity index (χ3n) is 5.79. The van der Waals surface area contributed by atoms with Crippen LogP contribution in [0.3, 0.4) is 0 Å². The number of hydrogen-bond donors (Lipinski definition) is 3. The summed E-state index contributed by atoms with van der Waals surface area (Å²) >= 11 is 0. The SMILES string of the molecule is CC(=O)Nc1ccc(CNc2nc(NC3CCN(C)CC3)nc3c(C(C)C)cnn23)cc1. The van der Waals surface area contributed by atoms with Gasteiger partial charge < -0.3 is 20.9 Å². The second kappa shape index (κ2) is 9.52. The van der Waals surface area contributed by atoms with Gasteiger partial charge in [0.05, 0.1) is 6.20 Å². The van der Waals surface area contributed by atoms with Crippen LogP contribution >= 0.6 is 0 Å². The van der Waals surface area contributed by atoms with Crippen molar-refractivity contribution in [3.63, 3.8) is 0 Å². The molecule has 0 atom stereocenters. The molecule has 0 saturated carbocycles. The fourth-order valence-corrected chi connectivity index (χ4v) is 3.91. The molecule has 0 radical (unpaired) electrons. The molecule has 0 bridgehead atoms. The van der Waals surface area contributed by atoms with Gasteiger partial charge in [0.25, 0.3) is 0 Å². The zero-order valence-corrected chi connectivity index (χ0v) is 19.2. The predicted molar refractivity (Wildman–Crippen MR) is 127 cm³/mol. The molecule has 4 rings (SSSR count). The van der Waals surface area contributed by atoms with Crippen LogP contribution in [0.15, 0.2) is 30.5 Å². The quantitative estimate of drug-likeness (QED) is 0.522. The van der Waals surface area contributed by atoms with Crippen molar-refractivity contribution < 1.29 is 4.79 Å². The summed E-state index contributed by atoms with van der Waals surface area (Å²) in [6.07, 6.45) is 4.02. The summed E-state index contributed by atoms with van der Waals surface area (Å²) in [6.45, 7) is 8.52. The lowest BCUT2D eigenvalue weighted by atomic mass is 10.1. The highest BCUT2D eigenvalue weighted by atomic mass is 16.1. The number of rotatable bonds is 7. The molecule has 0 spiro atoms. The van der Waals surface area contributed by atoms with E-state index in [-0.39, 0.29) is 5.91 Å². The number of hydrogen-bond acceptors (Lipinski definition) is 7. The van der Waals surface area contributed by atoms with Crippen LogP contribution in [0.5, 0.6) is 0 Å². The predicted octanol–water partition coefficient (Wildman–Crippen LogP) is 3.32. The smallest absolute Gasteiger partial charge is 0.229 e. The van der Waals surface area contributed by atoms with Crippen molar-refractivity contribution in [2.45, 2.75) is 52.1 Å². The molecule has 0 aliphatic carbocycles. The maximum Gasteiger partial charge on any atom is 0.229 e. The maximum absolute atomic E-state index is 11.2. The number of benzene rings is 1. The number of fused-ring (bicyclic) bond motifs is 1. The van der Waals surface area contributed by atoms with Gasteiger partial charge in [0, 0.05) is 30.8 Å². The van der Waals surface area contributed by atoms with Crippen LogP contribution in [-0.2, 0) is 11.3 Å². The van der Waals surface area contributed by atoms with Gasteiger partial charge in [-0.2, -0.15) is 19.6 Å². The van der Waals surface area contributed by atoms with Gasteiger partial charge in [-0.25, -0.2) is 0 Å². The topological polar surface area (TPSA) is 99.5 Å². The van der Waals surface area contributed by atoms with E-state index in [2.05, 4.69) is 46.8 Å². The Morgan fingerprint density at radius 3 is 2.53 bits per heavy atom. The molecule has 1 aliphatic heterocycles. The molecule has 3 heterocycles. The maximum atomic E-state index is 11.2. The van der Waals surface area contributed by atoms with Crippen molar-refractivity contribution in [3.05, 3.63) is 41.6 Å². The van der Waals surface area contributed by atoms with Crippen LogP contribution in [0, 0.1) is 0 Å². The van der Waals surface area contributed by atoms with Crippen molar-refractivity contribution in [2.75, 3.05) is 36.1 Å². The Morgan fingerprint density at radius 2 is 1.88 bits per heavy atom. The fraction of sp³-hybridized carbons (Fsp3) is 0.478. The van der Waals surface area contributed by atoms with Crippen molar-refractivity contribution in [1.82, 2.24) is 24.5 Å². The van der Waals surface area contributed by atoms with Gasteiger partial charge in [-0.05, 0) is 56.6 Å². The number of carbonyl (C=O) groups excluding carboxylic acids is 1. The van der Waals surface area contributed by atoms with Crippen LogP contribution in [0.1, 0.15) is 50.7 Å². The first-order valence-corrected chi connectivity index (χ1v) is 11.2. The van der Waals surface area contributed by atoms with Gasteiger partial charge >= 0.3 is 0 Å². The van der Waals surface area contributed by atoms with E-state index < -0.39 is 0 Å². The molecule has 32 heavy (non-hydrogen) atoms. The number of nitrogens with zero attached hydrogens (tertiary/aromatic N) is 5. The standard InChI is InChI=1S/C23H32N8O/c1-15(2)20-14-25-31-21(20)28-22(27-19-9-11-30(4)12-10-19)29-23(31)24-13-17-5-7-18(8-6-17)26-16(3)32/h5-8,14-15,19H,9-13H2,1-4H3,(H,26,32)(H2,24,27,28,29). The van der Waals surface area contributed by atoms with E-state index >= 15 is 0 Å². The number of nitrogens with one attached hydrogen (secondary N) is 3. The van der Waals surface area contributed by atoms with E-state index in [1.54, 1.807) is 4.52 Å². The van der Waals surface area contributed by atoms with Gasteiger partial charge in [0.15, 0.2) is 5.65 Å². The fourth-order valence-electron chi connectivity index (χ4n) is 3.91. The summed E-state index contributed by atoms with van der Waals surface area (Å²) < 4.78 is 1.78. The van der Waals surface area contributed by atoms with E-state index in [1.807, 2.05) is 30.5 Å². The van der Waals surface area contributed by atoms with Crippen LogP contribution < -0.4 is 16.0 Å². The normalized spacial score (nSPS) is 15.3. The molecule has 1 amide bonds. The molecule has 3 aromatic rings. The Kier molecular flexibility index (Phi) is 6.55. The summed E-state index contributed by atoms with van der Waals surface area (Å²) in [5.41, 5.74) is 3.78. The number of aromatic nitrogens is 4. The molecule has 3 N–H and O–H groups in total. The summed E-state index contributed by atoms with van der Waals surface area (Å²) in [4.78, 5) is 23.1. The first kappa shape index (κ1) is 22.0. The Bertz CT molecular complexity index is 1070. The van der Waals surface area contributed by atoms with Gasteiger partial charge in [0.1, 0.15) is 0 Å². The molecular weight excluding hydrogens is 404 g/mol. The third-order valence-corrected chi connectivity index (χ3v) is 5.79. The Labute approximate surface area is 188 Å². The zero-order valence-electron chi connectivity index (χ0n) is 19.2. The second-order valence-electron chi connectivity index (χ2n) is 8.81. The summed E-state index contributed by atoms with van der Waals surface area (Å²) in [7, 11) is 2.16. The second-order valence-corrected chi connectivity index (χ2v) is 8.81. The van der Waals surface area contributed by atoms with Crippen LogP contribution in [0.25, 0.3) is 5.65 Å². The minimum absolute atomic E-state index is 0.0801. The monoisotopic (exact) mass is 436 g/mol. The van der Waals surface area contributed by atoms with Crippen molar-refractivity contribution >= 4 is 29.1 Å². The number of carbonyl (C=O) groups is 1. The number of piperidine rings is 1. The van der Waals surface area contributed by atoms with Gasteiger partial charge in [-0.15, -0.1) is 0 Å². The Morgan fingerprint density at radius 1 is 1.16 bits per heavy atom. The highest BCUT2D eigenvalue weighted by Gasteiger charge is 2.20. The van der Waals surface area contributed by atoms with Crippen molar-refractivity contribution in [1.29, 1.82) is 0 Å². The average molecular weight is 437 g/mol. The Balaban J connectivity index is 1.55. The Hall–Kier alpha value is -3.20. The van der Waals surface area contributed by atoms with E-state index in [0.29, 0.717) is 30.4 Å². The van der Waals surface area contributed by atoms with E-state index in [4.69, 9.17) is 9.97 Å². The molecule has 0 unspecified atom stereocenters. The van der Waals surface area contributed by atoms with Crippen LogP contribution in [-0.4, -0.2) is 56.6 Å². The van der Waals surface area contributed by atoms with Crippen LogP contribution in [0.4, 0.5) is 17.6 Å². The number of anilines is 3. The van der Waals surface area contributed by atoms with E-state index in [0.717, 1.165) is 48.4 Å². The first-order valence-electron chi connectivity index (χ1n) is 11.2. The van der Waals surface area contributed by atoms with Crippen molar-refractivity contribution in [3.8, 4) is 0 Å². The van der Waals surface area contributed by atoms with Gasteiger partial charge in [-0.3, -0.25) is 4.79 Å². The van der Waals surface area contributed by atoms with E-state index in [1.165, 1.54) is 6.92 Å². The largest absolute Gasteiger partial charge is 0.351 e. The number of amides is 1. The van der Waals surface area contributed by atoms with E-state index in [9.17, 15) is 4.79 Å². The molecular formula is C23H32N8O. The molecule has 1 aromatic carbocycles. The molecule has 2 aromatic heterocycles. The minimum atomic E-state index is -0.0801. The average Bonchev–Trinajstić information content (AvgIpc) is 3.19. The summed E-state index contributed by atoms with van der Waals surface area (Å²) in [5, 5.41) is 14.3.